The fourth-order valence-corrected chi connectivity index (χ4v) is 3.40. The van der Waals surface area contributed by atoms with E-state index in [0.29, 0.717) is 11.3 Å². The first-order valence-corrected chi connectivity index (χ1v) is 9.85. The van der Waals surface area contributed by atoms with E-state index >= 15 is 0 Å². The molecule has 2 amide bonds. The third-order valence-electron chi connectivity index (χ3n) is 4.40. The molecular formula is C20H21N3O4S. The Balaban J connectivity index is 1.64. The van der Waals surface area contributed by atoms with E-state index in [4.69, 9.17) is 0 Å². The van der Waals surface area contributed by atoms with Crippen LogP contribution in [0.1, 0.15) is 35.7 Å². The van der Waals surface area contributed by atoms with Gasteiger partial charge in [-0.3, -0.25) is 19.7 Å². The summed E-state index contributed by atoms with van der Waals surface area (Å²) in [6.07, 6.45) is 2.02. The number of nitrogens with one attached hydrogen (secondary N) is 2. The lowest BCUT2D eigenvalue weighted by Crippen LogP contribution is -2.26. The smallest absolute Gasteiger partial charge is 0.269 e. The van der Waals surface area contributed by atoms with Gasteiger partial charge in [0, 0.05) is 34.3 Å². The number of carbonyl (C=O) groups excluding carboxylic acids is 2. The molecule has 1 atom stereocenters. The standard InChI is InChI=1S/C20H21N3O4S/c1-12-3-4-14(20(25)21-15-5-6-15)11-18(12)22-19(24)13(2)28-17-9-7-16(8-10-17)23(26)27/h3-4,7-11,13,15H,5-6H2,1-2H3,(H,21,25)(H,22,24). The van der Waals surface area contributed by atoms with Crippen LogP contribution in [0.5, 0.6) is 0 Å². The number of amides is 2. The van der Waals surface area contributed by atoms with Crippen molar-refractivity contribution in [3.05, 3.63) is 63.7 Å². The monoisotopic (exact) mass is 399 g/mol. The number of hydrogen-bond acceptors (Lipinski definition) is 5. The highest BCUT2D eigenvalue weighted by molar-refractivity contribution is 8.00. The van der Waals surface area contributed by atoms with E-state index in [2.05, 4.69) is 10.6 Å². The molecule has 0 saturated heterocycles. The number of anilines is 1. The summed E-state index contributed by atoms with van der Waals surface area (Å²) in [5.41, 5.74) is 2.00. The summed E-state index contributed by atoms with van der Waals surface area (Å²) in [6, 6.07) is 11.6. The number of thioether (sulfide) groups is 1. The van der Waals surface area contributed by atoms with Crippen molar-refractivity contribution >= 4 is 35.0 Å². The van der Waals surface area contributed by atoms with Crippen LogP contribution in [0.3, 0.4) is 0 Å². The quantitative estimate of drug-likeness (QED) is 0.417. The molecule has 1 aliphatic rings. The number of carbonyl (C=O) groups is 2. The average Bonchev–Trinajstić information content (AvgIpc) is 3.47. The van der Waals surface area contributed by atoms with Gasteiger partial charge in [0.25, 0.3) is 11.6 Å². The van der Waals surface area contributed by atoms with Gasteiger partial charge in [0.15, 0.2) is 0 Å². The fraction of sp³-hybridized carbons (Fsp3) is 0.300. The van der Waals surface area contributed by atoms with Crippen molar-refractivity contribution in [1.82, 2.24) is 5.32 Å². The highest BCUT2D eigenvalue weighted by atomic mass is 32.2. The summed E-state index contributed by atoms with van der Waals surface area (Å²) in [5.74, 6) is -0.336. The SMILES string of the molecule is Cc1ccc(C(=O)NC2CC2)cc1NC(=O)C(C)Sc1ccc([N+](=O)[O-])cc1. The second-order valence-electron chi connectivity index (χ2n) is 6.78. The maximum absolute atomic E-state index is 12.6. The molecule has 1 unspecified atom stereocenters. The van der Waals surface area contributed by atoms with Crippen molar-refractivity contribution in [2.24, 2.45) is 0 Å². The van der Waals surface area contributed by atoms with Crippen LogP contribution in [0.2, 0.25) is 0 Å². The summed E-state index contributed by atoms with van der Waals surface area (Å²) in [6.45, 7) is 3.63. The lowest BCUT2D eigenvalue weighted by Gasteiger charge is -2.14. The van der Waals surface area contributed by atoms with Crippen molar-refractivity contribution in [2.45, 2.75) is 42.9 Å². The van der Waals surface area contributed by atoms with Crippen molar-refractivity contribution in [3.8, 4) is 0 Å². The Hall–Kier alpha value is -2.87. The first-order valence-electron chi connectivity index (χ1n) is 8.97. The van der Waals surface area contributed by atoms with Crippen LogP contribution in [0.15, 0.2) is 47.4 Å². The zero-order chi connectivity index (χ0) is 20.3. The molecule has 1 saturated carbocycles. The second-order valence-corrected chi connectivity index (χ2v) is 8.19. The summed E-state index contributed by atoms with van der Waals surface area (Å²) in [4.78, 5) is 35.8. The third kappa shape index (κ3) is 5.10. The molecule has 1 aliphatic carbocycles. The largest absolute Gasteiger partial charge is 0.349 e. The number of hydrogen-bond donors (Lipinski definition) is 2. The third-order valence-corrected chi connectivity index (χ3v) is 5.51. The van der Waals surface area contributed by atoms with Gasteiger partial charge in [-0.2, -0.15) is 0 Å². The summed E-state index contributed by atoms with van der Waals surface area (Å²) in [7, 11) is 0. The molecule has 8 heteroatoms. The molecule has 0 bridgehead atoms. The second kappa shape index (κ2) is 8.43. The van der Waals surface area contributed by atoms with E-state index in [1.54, 1.807) is 31.2 Å². The van der Waals surface area contributed by atoms with E-state index in [9.17, 15) is 19.7 Å². The highest BCUT2D eigenvalue weighted by Crippen LogP contribution is 2.27. The van der Waals surface area contributed by atoms with E-state index < -0.39 is 10.2 Å². The summed E-state index contributed by atoms with van der Waals surface area (Å²) in [5, 5.41) is 16.1. The number of nitro groups is 1. The maximum Gasteiger partial charge on any atom is 0.269 e. The molecule has 2 N–H and O–H groups in total. The number of benzene rings is 2. The molecule has 2 aromatic rings. The highest BCUT2D eigenvalue weighted by Gasteiger charge is 2.24. The van der Waals surface area contributed by atoms with E-state index in [1.807, 2.05) is 13.0 Å². The molecule has 0 radical (unpaired) electrons. The Morgan fingerprint density at radius 3 is 2.46 bits per heavy atom. The van der Waals surface area contributed by atoms with Gasteiger partial charge in [-0.05, 0) is 56.5 Å². The lowest BCUT2D eigenvalue weighted by atomic mass is 10.1. The summed E-state index contributed by atoms with van der Waals surface area (Å²) >= 11 is 1.31. The van der Waals surface area contributed by atoms with Gasteiger partial charge >= 0.3 is 0 Å². The Kier molecular flexibility index (Phi) is 5.99. The van der Waals surface area contributed by atoms with Gasteiger partial charge in [-0.15, -0.1) is 11.8 Å². The predicted molar refractivity (Wildman–Crippen MR) is 109 cm³/mol. The molecule has 3 rings (SSSR count). The minimum Gasteiger partial charge on any atom is -0.349 e. The van der Waals surface area contributed by atoms with Gasteiger partial charge in [0.05, 0.1) is 10.2 Å². The zero-order valence-electron chi connectivity index (χ0n) is 15.6. The van der Waals surface area contributed by atoms with Gasteiger partial charge in [-0.1, -0.05) is 6.07 Å². The maximum atomic E-state index is 12.6. The zero-order valence-corrected chi connectivity index (χ0v) is 16.4. The van der Waals surface area contributed by atoms with Crippen LogP contribution in [0.4, 0.5) is 11.4 Å². The van der Waals surface area contributed by atoms with Crippen LogP contribution in [0, 0.1) is 17.0 Å². The van der Waals surface area contributed by atoms with Gasteiger partial charge in [-0.25, -0.2) is 0 Å². The van der Waals surface area contributed by atoms with E-state index in [-0.39, 0.29) is 23.5 Å². The van der Waals surface area contributed by atoms with Crippen molar-refractivity contribution in [1.29, 1.82) is 0 Å². The normalized spacial score (nSPS) is 14.2. The Morgan fingerprint density at radius 2 is 1.86 bits per heavy atom. The summed E-state index contributed by atoms with van der Waals surface area (Å²) < 4.78 is 0. The molecule has 0 heterocycles. The number of nitro benzene ring substituents is 1. The van der Waals surface area contributed by atoms with Crippen molar-refractivity contribution in [2.75, 3.05) is 5.32 Å². The predicted octanol–water partition coefficient (Wildman–Crippen LogP) is 3.91. The molecule has 28 heavy (non-hydrogen) atoms. The Labute approximate surface area is 167 Å². The van der Waals surface area contributed by atoms with Gasteiger partial charge < -0.3 is 10.6 Å². The fourth-order valence-electron chi connectivity index (χ4n) is 2.53. The molecule has 0 aromatic heterocycles. The van der Waals surface area contributed by atoms with Crippen LogP contribution >= 0.6 is 11.8 Å². The number of rotatable bonds is 7. The molecule has 0 spiro atoms. The minimum atomic E-state index is -0.459. The first kappa shape index (κ1) is 19.9. The van der Waals surface area contributed by atoms with Crippen molar-refractivity contribution < 1.29 is 14.5 Å². The molecular weight excluding hydrogens is 378 g/mol. The number of non-ortho nitro benzene ring substituents is 1. The van der Waals surface area contributed by atoms with E-state index in [1.165, 1.54) is 23.9 Å². The van der Waals surface area contributed by atoms with Crippen molar-refractivity contribution in [3.63, 3.8) is 0 Å². The van der Waals surface area contributed by atoms with Gasteiger partial charge in [0.2, 0.25) is 5.91 Å². The van der Waals surface area contributed by atoms with Gasteiger partial charge in [0.1, 0.15) is 0 Å². The number of aryl methyl sites for hydroxylation is 1. The Bertz CT molecular complexity index is 910. The topological polar surface area (TPSA) is 101 Å². The Morgan fingerprint density at radius 1 is 1.18 bits per heavy atom. The molecule has 7 nitrogen and oxygen atoms in total. The van der Waals surface area contributed by atoms with Crippen LogP contribution in [-0.2, 0) is 4.79 Å². The van der Waals surface area contributed by atoms with Crippen LogP contribution < -0.4 is 10.6 Å². The van der Waals surface area contributed by atoms with E-state index in [0.717, 1.165) is 23.3 Å². The van der Waals surface area contributed by atoms with Crippen LogP contribution in [-0.4, -0.2) is 28.0 Å². The molecule has 1 fully saturated rings. The molecule has 2 aromatic carbocycles. The first-order chi connectivity index (χ1) is 13.3. The van der Waals surface area contributed by atoms with Crippen LogP contribution in [0.25, 0.3) is 0 Å². The molecule has 0 aliphatic heterocycles. The average molecular weight is 399 g/mol. The lowest BCUT2D eigenvalue weighted by molar-refractivity contribution is -0.384. The molecule has 146 valence electrons. The minimum absolute atomic E-state index is 0.0124. The number of nitrogens with zero attached hydrogens (tertiary/aromatic N) is 1.